The van der Waals surface area contributed by atoms with Gasteiger partial charge in [-0.2, -0.15) is 0 Å². The van der Waals surface area contributed by atoms with Crippen LogP contribution in [0.4, 0.5) is 0 Å². The van der Waals surface area contributed by atoms with Gasteiger partial charge in [0.15, 0.2) is 0 Å². The van der Waals surface area contributed by atoms with Crippen LogP contribution in [0.5, 0.6) is 5.75 Å². The van der Waals surface area contributed by atoms with Crippen molar-refractivity contribution in [2.75, 3.05) is 26.2 Å². The predicted molar refractivity (Wildman–Crippen MR) is 108 cm³/mol. The average Bonchev–Trinajstić information content (AvgIpc) is 2.65. The zero-order chi connectivity index (χ0) is 19.0. The Labute approximate surface area is 164 Å². The van der Waals surface area contributed by atoms with Crippen LogP contribution >= 0.6 is 15.9 Å². The van der Waals surface area contributed by atoms with Crippen molar-refractivity contribution in [3.05, 3.63) is 58.6 Å². The molecule has 0 atom stereocenters. The molecule has 5 nitrogen and oxygen atoms in total. The molecular formula is C19H25BrN2O3S. The topological polar surface area (TPSA) is 58.6 Å². The van der Waals surface area contributed by atoms with Crippen molar-refractivity contribution in [1.29, 1.82) is 0 Å². The van der Waals surface area contributed by atoms with Crippen molar-refractivity contribution in [3.8, 4) is 5.75 Å². The van der Waals surface area contributed by atoms with Crippen molar-refractivity contribution in [3.63, 3.8) is 0 Å². The Balaban J connectivity index is 2.00. The fourth-order valence-electron chi connectivity index (χ4n) is 2.49. The highest BCUT2D eigenvalue weighted by Gasteiger charge is 2.14. The molecule has 0 aliphatic carbocycles. The number of para-hydroxylation sites is 1. The lowest BCUT2D eigenvalue weighted by atomic mass is 10.2. The minimum Gasteiger partial charge on any atom is -0.492 e. The van der Waals surface area contributed by atoms with Gasteiger partial charge in [0.1, 0.15) is 12.4 Å². The average molecular weight is 441 g/mol. The number of halogens is 1. The van der Waals surface area contributed by atoms with Crippen LogP contribution in [0.25, 0.3) is 0 Å². The number of benzene rings is 2. The van der Waals surface area contributed by atoms with Gasteiger partial charge in [0.2, 0.25) is 10.0 Å². The van der Waals surface area contributed by atoms with Gasteiger partial charge in [0.25, 0.3) is 0 Å². The number of hydrogen-bond donors (Lipinski definition) is 1. The van der Waals surface area contributed by atoms with E-state index in [1.165, 1.54) is 0 Å². The highest BCUT2D eigenvalue weighted by atomic mass is 79.9. The fraction of sp³-hybridized carbons (Fsp3) is 0.368. The Kier molecular flexibility index (Phi) is 8.09. The largest absolute Gasteiger partial charge is 0.492 e. The Hall–Kier alpha value is -1.41. The molecule has 2 aromatic carbocycles. The van der Waals surface area contributed by atoms with Gasteiger partial charge in [-0.05, 0) is 43.4 Å². The van der Waals surface area contributed by atoms with Crippen LogP contribution in [-0.2, 0) is 16.6 Å². The third-order valence-electron chi connectivity index (χ3n) is 4.11. The van der Waals surface area contributed by atoms with Gasteiger partial charge in [0, 0.05) is 23.1 Å². The zero-order valence-corrected chi connectivity index (χ0v) is 17.5. The smallest absolute Gasteiger partial charge is 0.240 e. The number of likely N-dealkylation sites (N-methyl/N-ethyl adjacent to an activating group) is 1. The summed E-state index contributed by atoms with van der Waals surface area (Å²) in [6.07, 6.45) is 0. The second-order valence-corrected chi connectivity index (χ2v) is 8.44. The van der Waals surface area contributed by atoms with Crippen LogP contribution in [0.1, 0.15) is 19.4 Å². The van der Waals surface area contributed by atoms with E-state index in [-0.39, 0.29) is 11.4 Å². The van der Waals surface area contributed by atoms with Gasteiger partial charge in [-0.25, -0.2) is 13.1 Å². The third kappa shape index (κ3) is 6.09. The second kappa shape index (κ2) is 10.1. The standard InChI is InChI=1S/C19H25BrN2O3S/c1-3-22(4-2)13-14-25-19-8-6-5-7-16(19)15-21-26(23,24)18-11-9-17(20)10-12-18/h5-12,21H,3-4,13-15H2,1-2H3. The summed E-state index contributed by atoms with van der Waals surface area (Å²) in [5, 5.41) is 0. The van der Waals surface area contributed by atoms with E-state index in [4.69, 9.17) is 4.74 Å². The molecule has 26 heavy (non-hydrogen) atoms. The molecule has 0 bridgehead atoms. The molecule has 7 heteroatoms. The first-order chi connectivity index (χ1) is 12.5. The number of hydrogen-bond acceptors (Lipinski definition) is 4. The highest BCUT2D eigenvalue weighted by molar-refractivity contribution is 9.10. The van der Waals surface area contributed by atoms with Gasteiger partial charge in [-0.1, -0.05) is 48.0 Å². The maximum Gasteiger partial charge on any atom is 0.240 e. The Bertz CT molecular complexity index is 791. The predicted octanol–water partition coefficient (Wildman–Crippen LogP) is 3.65. The van der Waals surface area contributed by atoms with E-state index in [0.717, 1.165) is 29.7 Å². The summed E-state index contributed by atoms with van der Waals surface area (Å²) in [5.41, 5.74) is 0.813. The monoisotopic (exact) mass is 440 g/mol. The molecule has 2 aromatic rings. The zero-order valence-electron chi connectivity index (χ0n) is 15.1. The lowest BCUT2D eigenvalue weighted by Gasteiger charge is -2.19. The number of sulfonamides is 1. The number of rotatable bonds is 10. The first-order valence-corrected chi connectivity index (χ1v) is 10.9. The minimum absolute atomic E-state index is 0.180. The second-order valence-electron chi connectivity index (χ2n) is 5.76. The quantitative estimate of drug-likeness (QED) is 0.612. The SMILES string of the molecule is CCN(CC)CCOc1ccccc1CNS(=O)(=O)c1ccc(Br)cc1. The molecule has 0 aliphatic heterocycles. The van der Waals surface area contributed by atoms with E-state index >= 15 is 0 Å². The van der Waals surface area contributed by atoms with Crippen LogP contribution in [0.15, 0.2) is 57.9 Å². The molecule has 0 aromatic heterocycles. The van der Waals surface area contributed by atoms with Crippen molar-refractivity contribution >= 4 is 26.0 Å². The molecule has 0 unspecified atom stereocenters. The normalized spacial score (nSPS) is 11.7. The Morgan fingerprint density at radius 3 is 2.35 bits per heavy atom. The first kappa shape index (κ1) is 20.9. The van der Waals surface area contributed by atoms with Crippen LogP contribution in [0.3, 0.4) is 0 Å². The molecule has 1 N–H and O–H groups in total. The van der Waals surface area contributed by atoms with E-state index in [2.05, 4.69) is 39.4 Å². The van der Waals surface area contributed by atoms with Crippen LogP contribution in [-0.4, -0.2) is 39.6 Å². The van der Waals surface area contributed by atoms with Gasteiger partial charge in [-0.15, -0.1) is 0 Å². The Morgan fingerprint density at radius 2 is 1.69 bits per heavy atom. The highest BCUT2D eigenvalue weighted by Crippen LogP contribution is 2.19. The fourth-order valence-corrected chi connectivity index (χ4v) is 3.76. The van der Waals surface area contributed by atoms with Gasteiger partial charge < -0.3 is 9.64 Å². The van der Waals surface area contributed by atoms with E-state index in [1.54, 1.807) is 24.3 Å². The van der Waals surface area contributed by atoms with Crippen molar-refractivity contribution < 1.29 is 13.2 Å². The maximum atomic E-state index is 12.4. The summed E-state index contributed by atoms with van der Waals surface area (Å²) in [4.78, 5) is 2.51. The molecule has 0 amide bonds. The molecule has 0 spiro atoms. The molecule has 142 valence electrons. The van der Waals surface area contributed by atoms with Gasteiger partial charge in [0.05, 0.1) is 4.90 Å². The maximum absolute atomic E-state index is 12.4. The third-order valence-corrected chi connectivity index (χ3v) is 6.05. The molecule has 0 aliphatic rings. The Morgan fingerprint density at radius 1 is 1.04 bits per heavy atom. The summed E-state index contributed by atoms with van der Waals surface area (Å²) >= 11 is 3.31. The van der Waals surface area contributed by atoms with Gasteiger partial charge in [-0.3, -0.25) is 0 Å². The lowest BCUT2D eigenvalue weighted by Crippen LogP contribution is -2.28. The van der Waals surface area contributed by atoms with E-state index < -0.39 is 10.0 Å². The molecule has 0 saturated carbocycles. The summed E-state index contributed by atoms with van der Waals surface area (Å²) in [7, 11) is -3.57. The van der Waals surface area contributed by atoms with Crippen molar-refractivity contribution in [1.82, 2.24) is 9.62 Å². The number of nitrogens with one attached hydrogen (secondary N) is 1. The van der Waals surface area contributed by atoms with E-state index in [9.17, 15) is 8.42 Å². The molecule has 0 fully saturated rings. The van der Waals surface area contributed by atoms with Crippen LogP contribution in [0.2, 0.25) is 0 Å². The first-order valence-electron chi connectivity index (χ1n) is 8.64. The van der Waals surface area contributed by atoms with Crippen molar-refractivity contribution in [2.45, 2.75) is 25.3 Å². The summed E-state index contributed by atoms with van der Waals surface area (Å²) < 4.78 is 34.2. The van der Waals surface area contributed by atoms with E-state index in [1.807, 2.05) is 24.3 Å². The summed E-state index contributed by atoms with van der Waals surface area (Å²) in [5.74, 6) is 0.707. The molecule has 0 radical (unpaired) electrons. The van der Waals surface area contributed by atoms with E-state index in [0.29, 0.717) is 12.4 Å². The summed E-state index contributed by atoms with van der Waals surface area (Å²) in [6.45, 7) is 7.79. The number of ether oxygens (including phenoxy) is 1. The molecule has 2 rings (SSSR count). The van der Waals surface area contributed by atoms with Crippen LogP contribution < -0.4 is 9.46 Å². The van der Waals surface area contributed by atoms with Gasteiger partial charge >= 0.3 is 0 Å². The molecular weight excluding hydrogens is 416 g/mol. The lowest BCUT2D eigenvalue weighted by molar-refractivity contribution is 0.221. The minimum atomic E-state index is -3.57. The van der Waals surface area contributed by atoms with Crippen molar-refractivity contribution in [2.24, 2.45) is 0 Å². The molecule has 0 saturated heterocycles. The molecule has 0 heterocycles. The summed E-state index contributed by atoms with van der Waals surface area (Å²) in [6, 6.07) is 14.1. The number of nitrogens with zero attached hydrogens (tertiary/aromatic N) is 1. The van der Waals surface area contributed by atoms with Crippen LogP contribution in [0, 0.1) is 0 Å².